The predicted octanol–water partition coefficient (Wildman–Crippen LogP) is 11.4. The molecule has 282 valence electrons. The molecule has 8 aromatic carbocycles. The van der Waals surface area contributed by atoms with Crippen molar-refractivity contribution in [3.63, 3.8) is 0 Å². The molecule has 1 heterocycles. The highest BCUT2D eigenvalue weighted by molar-refractivity contribution is 6.11. The first-order chi connectivity index (χ1) is 28.6. The minimum Gasteiger partial charge on any atom is -0.507 e. The molecule has 0 aliphatic carbocycles. The van der Waals surface area contributed by atoms with Crippen molar-refractivity contribution in [3.8, 4) is 45.3 Å². The second kappa shape index (κ2) is 16.3. The van der Waals surface area contributed by atoms with Gasteiger partial charge in [-0.2, -0.15) is 0 Å². The first kappa shape index (κ1) is 36.1. The van der Waals surface area contributed by atoms with Gasteiger partial charge in [-0.25, -0.2) is 4.98 Å². The molecule has 2 N–H and O–H groups in total. The normalized spacial score (nSPS) is 11.7. The molecule has 0 aliphatic rings. The highest BCUT2D eigenvalue weighted by atomic mass is 16.5. The molecule has 0 bridgehead atoms. The van der Waals surface area contributed by atoms with E-state index in [0.717, 1.165) is 65.3 Å². The third-order valence-corrected chi connectivity index (χ3v) is 10.3. The van der Waals surface area contributed by atoms with Gasteiger partial charge in [0.2, 0.25) is 0 Å². The van der Waals surface area contributed by atoms with Gasteiger partial charge in [0.05, 0.1) is 24.5 Å². The summed E-state index contributed by atoms with van der Waals surface area (Å²) in [6, 6.07) is 53.5. The Bertz CT molecular complexity index is 2810. The van der Waals surface area contributed by atoms with Crippen LogP contribution in [0.2, 0.25) is 0 Å². The minimum atomic E-state index is 0.206. The van der Waals surface area contributed by atoms with E-state index in [-0.39, 0.29) is 11.5 Å². The largest absolute Gasteiger partial charge is 0.507 e. The van der Waals surface area contributed by atoms with E-state index in [4.69, 9.17) is 14.5 Å². The van der Waals surface area contributed by atoms with Gasteiger partial charge in [0.25, 0.3) is 0 Å². The Labute approximate surface area is 335 Å². The number of nitrogens with zero attached hydrogens (tertiary/aromatic N) is 3. The summed E-state index contributed by atoms with van der Waals surface area (Å²) >= 11 is 0. The number of aromatic nitrogens is 1. The fraction of sp³-hybridized carbons (Fsp3) is 0.0784. The van der Waals surface area contributed by atoms with Crippen LogP contribution >= 0.6 is 0 Å². The van der Waals surface area contributed by atoms with Gasteiger partial charge in [-0.3, -0.25) is 9.98 Å². The van der Waals surface area contributed by atoms with Crippen LogP contribution in [0, 0.1) is 0 Å². The average Bonchev–Trinajstić information content (AvgIpc) is 3.26. The van der Waals surface area contributed by atoms with Crippen LogP contribution in [0.15, 0.2) is 174 Å². The molecule has 0 aliphatic heterocycles. The zero-order chi connectivity index (χ0) is 39.3. The average molecular weight is 758 g/mol. The number of ether oxygens (including phenoxy) is 2. The standard InChI is InChI=1S/C51H39N3O4/c55-44-24-20-34-10-1-5-16-40(34)48(44)50-42-18-7-3-12-36(42)22-26-46(50)57-30-28-52-32-38-14-9-15-39(54-38)33-53-29-31-58-47-27-23-37-13-4-8-19-43(37)51(47)49-41-17-6-2-11-35(41)21-25-45(49)56/h1-27,32-33,55-56H,28-31H2. The molecular weight excluding hydrogens is 719 g/mol. The number of fused-ring (bicyclic) bond motifs is 4. The molecular formula is C51H39N3O4. The van der Waals surface area contributed by atoms with Gasteiger partial charge in [0, 0.05) is 34.7 Å². The van der Waals surface area contributed by atoms with Crippen LogP contribution < -0.4 is 9.47 Å². The molecule has 0 unspecified atom stereocenters. The Morgan fingerprint density at radius 1 is 0.397 bits per heavy atom. The lowest BCUT2D eigenvalue weighted by Gasteiger charge is -2.17. The molecule has 9 aromatic rings. The van der Waals surface area contributed by atoms with E-state index in [9.17, 15) is 10.2 Å². The number of aromatic hydroxyl groups is 2. The molecule has 0 radical (unpaired) electrons. The van der Waals surface area contributed by atoms with Gasteiger partial charge >= 0.3 is 0 Å². The van der Waals surface area contributed by atoms with Crippen LogP contribution in [0.3, 0.4) is 0 Å². The quantitative estimate of drug-likeness (QED) is 0.0955. The van der Waals surface area contributed by atoms with Crippen LogP contribution in [0.5, 0.6) is 23.0 Å². The maximum Gasteiger partial charge on any atom is 0.128 e. The SMILES string of the molecule is Oc1ccc2ccccc2c1-c1c(OCCN=Cc2cccc(C=NCCOc3ccc4ccccc4c3-c3c(O)ccc4ccccc34)n2)ccc2ccccc12. The van der Waals surface area contributed by atoms with Gasteiger partial charge in [-0.05, 0) is 79.5 Å². The summed E-state index contributed by atoms with van der Waals surface area (Å²) in [5.41, 5.74) is 4.64. The highest BCUT2D eigenvalue weighted by Crippen LogP contribution is 2.46. The molecule has 1 aromatic heterocycles. The van der Waals surface area contributed by atoms with E-state index in [1.54, 1.807) is 24.6 Å². The molecule has 58 heavy (non-hydrogen) atoms. The number of phenols is 2. The summed E-state index contributed by atoms with van der Waals surface area (Å²) in [7, 11) is 0. The molecule has 0 saturated carbocycles. The zero-order valence-corrected chi connectivity index (χ0v) is 31.6. The second-order valence-corrected chi connectivity index (χ2v) is 13.9. The molecule has 0 spiro atoms. The number of pyridine rings is 1. The molecule has 7 nitrogen and oxygen atoms in total. The summed E-state index contributed by atoms with van der Waals surface area (Å²) in [5, 5.41) is 30.4. The van der Waals surface area contributed by atoms with Crippen molar-refractivity contribution in [3.05, 3.63) is 175 Å². The third kappa shape index (κ3) is 7.29. The molecule has 0 fully saturated rings. The molecule has 7 heteroatoms. The van der Waals surface area contributed by atoms with E-state index in [1.807, 2.05) is 127 Å². The zero-order valence-electron chi connectivity index (χ0n) is 31.6. The van der Waals surface area contributed by atoms with E-state index < -0.39 is 0 Å². The van der Waals surface area contributed by atoms with Crippen molar-refractivity contribution in [1.82, 2.24) is 4.98 Å². The Morgan fingerprint density at radius 2 is 0.759 bits per heavy atom. The lowest BCUT2D eigenvalue weighted by atomic mass is 9.92. The first-order valence-electron chi connectivity index (χ1n) is 19.3. The van der Waals surface area contributed by atoms with Crippen LogP contribution in [0.25, 0.3) is 65.3 Å². The van der Waals surface area contributed by atoms with Crippen molar-refractivity contribution in [2.75, 3.05) is 26.3 Å². The molecule has 0 amide bonds. The molecule has 0 saturated heterocycles. The summed E-state index contributed by atoms with van der Waals surface area (Å²) < 4.78 is 12.7. The number of rotatable bonds is 12. The van der Waals surface area contributed by atoms with Crippen molar-refractivity contribution >= 4 is 55.5 Å². The number of aliphatic imine (C=N–C) groups is 2. The van der Waals surface area contributed by atoms with Gasteiger partial charge in [0.1, 0.15) is 36.2 Å². The lowest BCUT2D eigenvalue weighted by Crippen LogP contribution is -2.04. The van der Waals surface area contributed by atoms with E-state index in [2.05, 4.69) is 34.3 Å². The maximum absolute atomic E-state index is 11.1. The van der Waals surface area contributed by atoms with E-state index in [1.165, 1.54) is 0 Å². The van der Waals surface area contributed by atoms with Crippen LogP contribution in [-0.4, -0.2) is 53.9 Å². The fourth-order valence-corrected chi connectivity index (χ4v) is 7.65. The summed E-state index contributed by atoms with van der Waals surface area (Å²) in [6.45, 7) is 1.51. The Morgan fingerprint density at radius 3 is 1.17 bits per heavy atom. The monoisotopic (exact) mass is 757 g/mol. The van der Waals surface area contributed by atoms with Gasteiger partial charge in [-0.15, -0.1) is 0 Å². The van der Waals surface area contributed by atoms with Gasteiger partial charge < -0.3 is 19.7 Å². The fourth-order valence-electron chi connectivity index (χ4n) is 7.65. The topological polar surface area (TPSA) is 96.5 Å². The van der Waals surface area contributed by atoms with Crippen molar-refractivity contribution in [2.24, 2.45) is 9.98 Å². The van der Waals surface area contributed by atoms with Crippen LogP contribution in [-0.2, 0) is 0 Å². The van der Waals surface area contributed by atoms with Gasteiger partial charge in [-0.1, -0.05) is 127 Å². The summed E-state index contributed by atoms with van der Waals surface area (Å²) in [6.07, 6.45) is 3.48. The number of phenolic OH excluding ortho intramolecular Hbond substituents is 2. The number of hydrogen-bond donors (Lipinski definition) is 2. The lowest BCUT2D eigenvalue weighted by molar-refractivity contribution is 0.330. The third-order valence-electron chi connectivity index (χ3n) is 10.3. The Hall–Kier alpha value is -7.51. The highest BCUT2D eigenvalue weighted by Gasteiger charge is 2.19. The van der Waals surface area contributed by atoms with Crippen molar-refractivity contribution in [1.29, 1.82) is 0 Å². The summed E-state index contributed by atoms with van der Waals surface area (Å²) in [4.78, 5) is 13.9. The number of benzene rings is 8. The number of hydrogen-bond acceptors (Lipinski definition) is 7. The predicted molar refractivity (Wildman–Crippen MR) is 237 cm³/mol. The molecule has 0 atom stereocenters. The van der Waals surface area contributed by atoms with Crippen molar-refractivity contribution < 1.29 is 19.7 Å². The Balaban J connectivity index is 0.862. The summed E-state index contributed by atoms with van der Waals surface area (Å²) in [5.74, 6) is 1.78. The van der Waals surface area contributed by atoms with Crippen molar-refractivity contribution in [2.45, 2.75) is 0 Å². The van der Waals surface area contributed by atoms with Crippen LogP contribution in [0.1, 0.15) is 11.4 Å². The smallest absolute Gasteiger partial charge is 0.128 e. The minimum absolute atomic E-state index is 0.206. The van der Waals surface area contributed by atoms with Gasteiger partial charge in [0.15, 0.2) is 0 Å². The Kier molecular flexibility index (Phi) is 10.2. The maximum atomic E-state index is 11.1. The molecule has 9 rings (SSSR count). The second-order valence-electron chi connectivity index (χ2n) is 13.9. The first-order valence-corrected chi connectivity index (χ1v) is 19.3. The van der Waals surface area contributed by atoms with E-state index in [0.29, 0.717) is 49.2 Å². The van der Waals surface area contributed by atoms with E-state index >= 15 is 0 Å². The van der Waals surface area contributed by atoms with Crippen LogP contribution in [0.4, 0.5) is 0 Å².